The monoisotopic (exact) mass is 614 g/mol. The minimum absolute atomic E-state index is 0.0895. The number of nitrogens with zero attached hydrogens (tertiary/aromatic N) is 3. The van der Waals surface area contributed by atoms with Crippen molar-refractivity contribution in [3.05, 3.63) is 59.9 Å². The number of carbonyl (C=O) groups excluding carboxylic acids is 3. The van der Waals surface area contributed by atoms with Gasteiger partial charge in [-0.15, -0.1) is 0 Å². The van der Waals surface area contributed by atoms with Gasteiger partial charge in [-0.3, -0.25) is 24.4 Å². The Labute approximate surface area is 258 Å². The number of pyridine rings is 1. The SMILES string of the molecule is CC(C)(C)OC(=O)N1CCOC[C@@H]1C(=O)N(c1ccc(C(C)(C)C)cc1)C(C(=O)NC1CCC(F)(F)CC1)c1cccnc1. The Morgan fingerprint density at radius 1 is 1.07 bits per heavy atom. The zero-order valence-electron chi connectivity index (χ0n) is 26.4. The highest BCUT2D eigenvalue weighted by molar-refractivity contribution is 6.04. The Morgan fingerprint density at radius 3 is 2.30 bits per heavy atom. The van der Waals surface area contributed by atoms with Crippen LogP contribution in [0, 0.1) is 0 Å². The molecule has 44 heavy (non-hydrogen) atoms. The summed E-state index contributed by atoms with van der Waals surface area (Å²) in [4.78, 5) is 49.0. The Kier molecular flexibility index (Phi) is 9.97. The van der Waals surface area contributed by atoms with Crippen molar-refractivity contribution in [2.75, 3.05) is 24.7 Å². The number of hydrogen-bond donors (Lipinski definition) is 1. The molecular weight excluding hydrogens is 570 g/mol. The molecule has 11 heteroatoms. The van der Waals surface area contributed by atoms with Gasteiger partial charge in [0.25, 0.3) is 5.91 Å². The van der Waals surface area contributed by atoms with E-state index >= 15 is 0 Å². The fourth-order valence-corrected chi connectivity index (χ4v) is 5.45. The minimum Gasteiger partial charge on any atom is -0.444 e. The van der Waals surface area contributed by atoms with Crippen LogP contribution in [0.3, 0.4) is 0 Å². The van der Waals surface area contributed by atoms with Gasteiger partial charge in [-0.1, -0.05) is 39.0 Å². The second-order valence-corrected chi connectivity index (χ2v) is 13.6. The third-order valence-electron chi connectivity index (χ3n) is 7.86. The van der Waals surface area contributed by atoms with Gasteiger partial charge < -0.3 is 14.8 Å². The van der Waals surface area contributed by atoms with E-state index in [2.05, 4.69) is 31.1 Å². The normalized spacial score (nSPS) is 20.0. The molecule has 0 spiro atoms. The second-order valence-electron chi connectivity index (χ2n) is 13.6. The molecule has 2 aromatic rings. The standard InChI is InChI=1S/C33H44F2N4O5/c1-31(2,3)23-9-11-25(12-10-23)39(29(41)26-21-43-19-18-38(26)30(42)44-32(4,5)6)27(22-8-7-17-36-20-22)28(40)37-24-13-15-33(34,35)16-14-24/h7-12,17,20,24,26-27H,13-16,18-19,21H2,1-6H3,(H,37,40)/t26-,27?/m1/s1. The number of aromatic nitrogens is 1. The number of alkyl halides is 2. The minimum atomic E-state index is -2.76. The van der Waals surface area contributed by atoms with Crippen molar-refractivity contribution < 1.29 is 32.6 Å². The molecule has 1 unspecified atom stereocenters. The Bertz CT molecular complexity index is 1300. The molecule has 2 atom stereocenters. The maximum Gasteiger partial charge on any atom is 0.411 e. The number of hydrogen-bond acceptors (Lipinski definition) is 6. The van der Waals surface area contributed by atoms with Gasteiger partial charge in [0.05, 0.1) is 13.2 Å². The van der Waals surface area contributed by atoms with Gasteiger partial charge in [-0.2, -0.15) is 0 Å². The highest BCUT2D eigenvalue weighted by Crippen LogP contribution is 2.35. The zero-order valence-corrected chi connectivity index (χ0v) is 26.4. The number of rotatable bonds is 6. The highest BCUT2D eigenvalue weighted by atomic mass is 19.3. The smallest absolute Gasteiger partial charge is 0.411 e. The van der Waals surface area contributed by atoms with Crippen molar-refractivity contribution >= 4 is 23.6 Å². The van der Waals surface area contributed by atoms with E-state index in [9.17, 15) is 23.2 Å². The lowest BCUT2D eigenvalue weighted by Crippen LogP contribution is -2.59. The molecule has 0 bridgehead atoms. The number of anilines is 1. The van der Waals surface area contributed by atoms with Crippen LogP contribution in [-0.2, 0) is 24.5 Å². The van der Waals surface area contributed by atoms with Crippen molar-refractivity contribution in [2.45, 2.75) is 102 Å². The zero-order chi connectivity index (χ0) is 32.3. The summed E-state index contributed by atoms with van der Waals surface area (Å²) in [6.45, 7) is 11.7. The third kappa shape index (κ3) is 8.31. The third-order valence-corrected chi connectivity index (χ3v) is 7.86. The lowest BCUT2D eigenvalue weighted by Gasteiger charge is -2.40. The number of benzene rings is 1. The van der Waals surface area contributed by atoms with Gasteiger partial charge in [-0.05, 0) is 62.8 Å². The molecule has 1 saturated heterocycles. The predicted molar refractivity (Wildman–Crippen MR) is 162 cm³/mol. The lowest BCUT2D eigenvalue weighted by molar-refractivity contribution is -0.133. The molecule has 1 saturated carbocycles. The van der Waals surface area contributed by atoms with Crippen LogP contribution in [0.5, 0.6) is 0 Å². The van der Waals surface area contributed by atoms with Gasteiger partial charge >= 0.3 is 6.09 Å². The van der Waals surface area contributed by atoms with E-state index in [0.29, 0.717) is 11.3 Å². The molecule has 1 aromatic carbocycles. The van der Waals surface area contributed by atoms with Crippen molar-refractivity contribution in [3.8, 4) is 0 Å². The maximum absolute atomic E-state index is 14.7. The Hall–Kier alpha value is -3.60. The highest BCUT2D eigenvalue weighted by Gasteiger charge is 2.43. The van der Waals surface area contributed by atoms with Gasteiger partial charge in [0.1, 0.15) is 17.7 Å². The van der Waals surface area contributed by atoms with E-state index in [0.717, 1.165) is 5.56 Å². The van der Waals surface area contributed by atoms with Gasteiger partial charge in [0, 0.05) is 49.1 Å². The summed E-state index contributed by atoms with van der Waals surface area (Å²) >= 11 is 0. The van der Waals surface area contributed by atoms with Crippen LogP contribution >= 0.6 is 0 Å². The van der Waals surface area contributed by atoms with Crippen molar-refractivity contribution in [2.24, 2.45) is 0 Å². The largest absolute Gasteiger partial charge is 0.444 e. The molecule has 3 amide bonds. The van der Waals surface area contributed by atoms with E-state index < -0.39 is 47.6 Å². The molecule has 2 aliphatic rings. The van der Waals surface area contributed by atoms with E-state index in [1.807, 2.05) is 12.1 Å². The summed E-state index contributed by atoms with van der Waals surface area (Å²) in [5, 5.41) is 2.93. The summed E-state index contributed by atoms with van der Waals surface area (Å²) in [7, 11) is 0. The predicted octanol–water partition coefficient (Wildman–Crippen LogP) is 5.78. The van der Waals surface area contributed by atoms with E-state index in [4.69, 9.17) is 9.47 Å². The molecule has 1 aliphatic carbocycles. The summed E-state index contributed by atoms with van der Waals surface area (Å²) in [6.07, 6.45) is 2.00. The molecule has 240 valence electrons. The van der Waals surface area contributed by atoms with Crippen LogP contribution in [0.4, 0.5) is 19.3 Å². The van der Waals surface area contributed by atoms with Crippen LogP contribution < -0.4 is 10.2 Å². The number of nitrogens with one attached hydrogen (secondary N) is 1. The molecule has 2 fully saturated rings. The fourth-order valence-electron chi connectivity index (χ4n) is 5.45. The Balaban J connectivity index is 1.77. The second kappa shape index (κ2) is 13.2. The van der Waals surface area contributed by atoms with Crippen molar-refractivity contribution in [1.82, 2.24) is 15.2 Å². The molecule has 0 radical (unpaired) electrons. The first-order chi connectivity index (χ1) is 20.6. The molecule has 9 nitrogen and oxygen atoms in total. The van der Waals surface area contributed by atoms with Crippen LogP contribution in [0.2, 0.25) is 0 Å². The average molecular weight is 615 g/mol. The summed E-state index contributed by atoms with van der Waals surface area (Å²) in [5.41, 5.74) is 0.925. The van der Waals surface area contributed by atoms with E-state index in [1.165, 1.54) is 16.0 Å². The first kappa shape index (κ1) is 33.3. The average Bonchev–Trinajstić information content (AvgIpc) is 2.96. The molecule has 4 rings (SSSR count). The first-order valence-corrected chi connectivity index (χ1v) is 15.1. The van der Waals surface area contributed by atoms with Gasteiger partial charge in [0.15, 0.2) is 0 Å². The van der Waals surface area contributed by atoms with E-state index in [-0.39, 0.29) is 50.9 Å². The molecule has 1 aromatic heterocycles. The van der Waals surface area contributed by atoms with E-state index in [1.54, 1.807) is 51.2 Å². The molecule has 1 aliphatic heterocycles. The molecule has 2 heterocycles. The van der Waals surface area contributed by atoms with Crippen LogP contribution in [0.15, 0.2) is 48.8 Å². The van der Waals surface area contributed by atoms with Crippen LogP contribution in [0.1, 0.15) is 84.4 Å². The van der Waals surface area contributed by atoms with Crippen LogP contribution in [-0.4, -0.2) is 71.2 Å². The van der Waals surface area contributed by atoms with Crippen molar-refractivity contribution in [1.29, 1.82) is 0 Å². The fraction of sp³-hybridized carbons (Fsp3) is 0.576. The lowest BCUT2D eigenvalue weighted by atomic mass is 9.87. The van der Waals surface area contributed by atoms with Crippen LogP contribution in [0.25, 0.3) is 0 Å². The summed E-state index contributed by atoms with van der Waals surface area (Å²) < 4.78 is 39.1. The number of halogens is 2. The number of ether oxygens (including phenoxy) is 2. The molecular formula is C33H44F2N4O5. The number of amides is 3. The summed E-state index contributed by atoms with van der Waals surface area (Å²) in [5.74, 6) is -3.83. The maximum atomic E-state index is 14.7. The number of carbonyl (C=O) groups is 3. The number of morpholine rings is 1. The topological polar surface area (TPSA) is 101 Å². The first-order valence-electron chi connectivity index (χ1n) is 15.1. The van der Waals surface area contributed by atoms with Crippen molar-refractivity contribution in [3.63, 3.8) is 0 Å². The summed E-state index contributed by atoms with van der Waals surface area (Å²) in [6, 6.07) is 7.95. The quantitative estimate of drug-likeness (QED) is 0.443. The Morgan fingerprint density at radius 2 is 1.73 bits per heavy atom. The molecule has 1 N–H and O–H groups in total. The van der Waals surface area contributed by atoms with Gasteiger partial charge in [-0.25, -0.2) is 13.6 Å². The van der Waals surface area contributed by atoms with Gasteiger partial charge in [0.2, 0.25) is 11.8 Å².